The van der Waals surface area contributed by atoms with Crippen LogP contribution < -0.4 is 14.8 Å². The van der Waals surface area contributed by atoms with Gasteiger partial charge in [-0.05, 0) is 13.8 Å². The summed E-state index contributed by atoms with van der Waals surface area (Å²) >= 11 is 1.72. The summed E-state index contributed by atoms with van der Waals surface area (Å²) in [4.78, 5) is 5.77. The first kappa shape index (κ1) is 13.7. The topological polar surface area (TPSA) is 43.4 Å². The second-order valence-corrected chi connectivity index (χ2v) is 5.49. The maximum absolute atomic E-state index is 5.24. The molecule has 0 aliphatic carbocycles. The SMILES string of the molecule is COc1cc(NCc2nc(C)c(C)s2)cc(OC)c1. The van der Waals surface area contributed by atoms with Gasteiger partial charge in [-0.15, -0.1) is 11.3 Å². The molecule has 102 valence electrons. The molecule has 0 aliphatic rings. The summed E-state index contributed by atoms with van der Waals surface area (Å²) in [6.07, 6.45) is 0. The van der Waals surface area contributed by atoms with E-state index >= 15 is 0 Å². The van der Waals surface area contributed by atoms with Crippen LogP contribution >= 0.6 is 11.3 Å². The number of nitrogens with one attached hydrogen (secondary N) is 1. The van der Waals surface area contributed by atoms with E-state index in [9.17, 15) is 0 Å². The third-order valence-corrected chi connectivity index (χ3v) is 3.94. The third kappa shape index (κ3) is 3.38. The molecule has 2 aromatic rings. The van der Waals surface area contributed by atoms with Crippen molar-refractivity contribution in [1.29, 1.82) is 0 Å². The summed E-state index contributed by atoms with van der Waals surface area (Å²) in [6, 6.07) is 5.73. The highest BCUT2D eigenvalue weighted by atomic mass is 32.1. The Morgan fingerprint density at radius 2 is 1.74 bits per heavy atom. The van der Waals surface area contributed by atoms with Crippen LogP contribution in [0.15, 0.2) is 18.2 Å². The van der Waals surface area contributed by atoms with Gasteiger partial charge in [-0.1, -0.05) is 0 Å². The molecule has 0 unspecified atom stereocenters. The molecule has 0 spiro atoms. The molecule has 1 aromatic heterocycles. The highest BCUT2D eigenvalue weighted by Gasteiger charge is 2.05. The molecule has 0 bridgehead atoms. The maximum Gasteiger partial charge on any atom is 0.124 e. The number of nitrogens with zero attached hydrogens (tertiary/aromatic N) is 1. The highest BCUT2D eigenvalue weighted by Crippen LogP contribution is 2.26. The molecule has 4 nitrogen and oxygen atoms in total. The van der Waals surface area contributed by atoms with Gasteiger partial charge in [0.15, 0.2) is 0 Å². The van der Waals surface area contributed by atoms with Crippen LogP contribution in [0.3, 0.4) is 0 Å². The zero-order chi connectivity index (χ0) is 13.8. The van der Waals surface area contributed by atoms with Crippen molar-refractivity contribution >= 4 is 17.0 Å². The third-order valence-electron chi connectivity index (χ3n) is 2.87. The van der Waals surface area contributed by atoms with Gasteiger partial charge < -0.3 is 14.8 Å². The lowest BCUT2D eigenvalue weighted by atomic mass is 10.2. The Morgan fingerprint density at radius 3 is 2.21 bits per heavy atom. The van der Waals surface area contributed by atoms with E-state index in [0.717, 1.165) is 27.9 Å². The fourth-order valence-corrected chi connectivity index (χ4v) is 2.58. The second-order valence-electron chi connectivity index (χ2n) is 4.20. The minimum Gasteiger partial charge on any atom is -0.497 e. The summed E-state index contributed by atoms with van der Waals surface area (Å²) in [5, 5.41) is 4.42. The summed E-state index contributed by atoms with van der Waals surface area (Å²) in [7, 11) is 3.29. The fourth-order valence-electron chi connectivity index (χ4n) is 1.70. The number of aryl methyl sites for hydroxylation is 2. The summed E-state index contributed by atoms with van der Waals surface area (Å²) in [6.45, 7) is 4.82. The van der Waals surface area contributed by atoms with E-state index in [0.29, 0.717) is 6.54 Å². The van der Waals surface area contributed by atoms with Crippen molar-refractivity contribution in [2.45, 2.75) is 20.4 Å². The van der Waals surface area contributed by atoms with Gasteiger partial charge in [0, 0.05) is 28.8 Å². The number of hydrogen-bond acceptors (Lipinski definition) is 5. The number of ether oxygens (including phenoxy) is 2. The van der Waals surface area contributed by atoms with Crippen molar-refractivity contribution in [1.82, 2.24) is 4.98 Å². The summed E-state index contributed by atoms with van der Waals surface area (Å²) in [5.74, 6) is 1.54. The molecule has 1 heterocycles. The van der Waals surface area contributed by atoms with Crippen molar-refractivity contribution in [2.75, 3.05) is 19.5 Å². The van der Waals surface area contributed by atoms with Crippen LogP contribution in [-0.4, -0.2) is 19.2 Å². The van der Waals surface area contributed by atoms with Crippen LogP contribution in [0, 0.1) is 13.8 Å². The minimum absolute atomic E-state index is 0.704. The fraction of sp³-hybridized carbons (Fsp3) is 0.357. The van der Waals surface area contributed by atoms with E-state index < -0.39 is 0 Å². The largest absolute Gasteiger partial charge is 0.497 e. The van der Waals surface area contributed by atoms with Gasteiger partial charge in [0.05, 0.1) is 26.5 Å². The number of benzene rings is 1. The molecule has 2 rings (SSSR count). The standard InChI is InChI=1S/C14H18N2O2S/c1-9-10(2)19-14(16-9)8-15-11-5-12(17-3)7-13(6-11)18-4/h5-7,15H,8H2,1-4H3. The number of aromatic nitrogens is 1. The van der Waals surface area contributed by atoms with Crippen molar-refractivity contribution in [3.63, 3.8) is 0 Å². The van der Waals surface area contributed by atoms with Crippen molar-refractivity contribution in [3.05, 3.63) is 33.8 Å². The molecular weight excluding hydrogens is 260 g/mol. The van der Waals surface area contributed by atoms with Gasteiger partial charge in [-0.25, -0.2) is 4.98 Å². The lowest BCUT2D eigenvalue weighted by Gasteiger charge is -2.09. The predicted octanol–water partition coefficient (Wildman–Crippen LogP) is 3.39. The van der Waals surface area contributed by atoms with Crippen LogP contribution in [0.4, 0.5) is 5.69 Å². The van der Waals surface area contributed by atoms with Crippen molar-refractivity contribution < 1.29 is 9.47 Å². The molecule has 0 atom stereocenters. The Morgan fingerprint density at radius 1 is 1.11 bits per heavy atom. The van der Waals surface area contributed by atoms with Crippen molar-refractivity contribution in [2.24, 2.45) is 0 Å². The second kappa shape index (κ2) is 5.93. The van der Waals surface area contributed by atoms with E-state index in [2.05, 4.69) is 17.2 Å². The molecule has 5 heteroatoms. The Kier molecular flexibility index (Phi) is 4.27. The molecule has 1 N–H and O–H groups in total. The van der Waals surface area contributed by atoms with Gasteiger partial charge in [-0.2, -0.15) is 0 Å². The normalized spacial score (nSPS) is 10.3. The average molecular weight is 278 g/mol. The number of methoxy groups -OCH3 is 2. The van der Waals surface area contributed by atoms with Crippen molar-refractivity contribution in [3.8, 4) is 11.5 Å². The molecule has 0 radical (unpaired) electrons. The van der Waals surface area contributed by atoms with Crippen LogP contribution in [0.2, 0.25) is 0 Å². The van der Waals surface area contributed by atoms with E-state index in [4.69, 9.17) is 9.47 Å². The number of thiazole rings is 1. The predicted molar refractivity (Wildman–Crippen MR) is 78.5 cm³/mol. The average Bonchev–Trinajstić information content (AvgIpc) is 2.75. The Bertz CT molecular complexity index is 525. The molecule has 0 aliphatic heterocycles. The molecule has 19 heavy (non-hydrogen) atoms. The summed E-state index contributed by atoms with van der Waals surface area (Å²) < 4.78 is 10.5. The zero-order valence-electron chi connectivity index (χ0n) is 11.6. The van der Waals surface area contributed by atoms with Crippen LogP contribution in [0.1, 0.15) is 15.6 Å². The van der Waals surface area contributed by atoms with Crippen LogP contribution in [0.25, 0.3) is 0 Å². The number of hydrogen-bond donors (Lipinski definition) is 1. The van der Waals surface area contributed by atoms with Gasteiger partial charge in [0.1, 0.15) is 16.5 Å². The van der Waals surface area contributed by atoms with Crippen LogP contribution in [-0.2, 0) is 6.54 Å². The van der Waals surface area contributed by atoms with Crippen LogP contribution in [0.5, 0.6) is 11.5 Å². The first-order valence-electron chi connectivity index (χ1n) is 6.02. The Balaban J connectivity index is 2.10. The maximum atomic E-state index is 5.24. The van der Waals surface area contributed by atoms with E-state index in [1.807, 2.05) is 25.1 Å². The van der Waals surface area contributed by atoms with Gasteiger partial charge in [-0.3, -0.25) is 0 Å². The molecule has 0 saturated carbocycles. The number of anilines is 1. The molecule has 0 saturated heterocycles. The first-order valence-corrected chi connectivity index (χ1v) is 6.84. The van der Waals surface area contributed by atoms with E-state index in [-0.39, 0.29) is 0 Å². The number of rotatable bonds is 5. The zero-order valence-corrected chi connectivity index (χ0v) is 12.4. The molecule has 1 aromatic carbocycles. The molecular formula is C14H18N2O2S. The molecule has 0 amide bonds. The van der Waals surface area contributed by atoms with Gasteiger partial charge >= 0.3 is 0 Å². The molecule has 0 fully saturated rings. The highest BCUT2D eigenvalue weighted by molar-refractivity contribution is 7.11. The first-order chi connectivity index (χ1) is 9.12. The van der Waals surface area contributed by atoms with E-state index in [1.165, 1.54) is 4.88 Å². The quantitative estimate of drug-likeness (QED) is 0.910. The summed E-state index contributed by atoms with van der Waals surface area (Å²) in [5.41, 5.74) is 2.06. The monoisotopic (exact) mass is 278 g/mol. The van der Waals surface area contributed by atoms with Gasteiger partial charge in [0.25, 0.3) is 0 Å². The Hall–Kier alpha value is -1.75. The lowest BCUT2D eigenvalue weighted by Crippen LogP contribution is -2.00. The van der Waals surface area contributed by atoms with Gasteiger partial charge in [0.2, 0.25) is 0 Å². The van der Waals surface area contributed by atoms with E-state index in [1.54, 1.807) is 25.6 Å². The Labute approximate surface area is 117 Å². The minimum atomic E-state index is 0.704. The smallest absolute Gasteiger partial charge is 0.124 e. The lowest BCUT2D eigenvalue weighted by molar-refractivity contribution is 0.394.